The minimum atomic E-state index is -4.93. The number of halogens is 6. The summed E-state index contributed by atoms with van der Waals surface area (Å²) in [5.74, 6) is 0. The largest absolute Gasteiger partial charge is 0.441 e. The van der Waals surface area contributed by atoms with Gasteiger partial charge in [0.05, 0.1) is 11.1 Å². The van der Waals surface area contributed by atoms with Crippen LogP contribution in [-0.4, -0.2) is 24.6 Å². The van der Waals surface area contributed by atoms with Crippen LogP contribution in [0, 0.1) is 0 Å². The average Bonchev–Trinajstić information content (AvgIpc) is 2.39. The first-order valence-electron chi connectivity index (χ1n) is 6.19. The van der Waals surface area contributed by atoms with Crippen LogP contribution in [0.3, 0.4) is 0 Å². The number of carbonyl (C=O) groups is 1. The SMILES string of the molecule is CN1CCC(c2cc(C(F)(F)F)cc(C(F)(F)F)c2)OC1=O. The van der Waals surface area contributed by atoms with Gasteiger partial charge in [-0.05, 0) is 23.8 Å². The Morgan fingerprint density at radius 3 is 1.95 bits per heavy atom. The molecule has 0 aromatic heterocycles. The molecular weight excluding hydrogens is 316 g/mol. The minimum Gasteiger partial charge on any atom is -0.441 e. The summed E-state index contributed by atoms with van der Waals surface area (Å²) in [6.45, 7) is 0.182. The number of amides is 1. The van der Waals surface area contributed by atoms with Gasteiger partial charge in [-0.3, -0.25) is 0 Å². The van der Waals surface area contributed by atoms with Crippen LogP contribution in [0.5, 0.6) is 0 Å². The van der Waals surface area contributed by atoms with Gasteiger partial charge in [-0.25, -0.2) is 4.79 Å². The molecule has 0 spiro atoms. The van der Waals surface area contributed by atoms with Crippen molar-refractivity contribution in [2.45, 2.75) is 24.9 Å². The number of ether oxygens (including phenoxy) is 1. The molecule has 9 heteroatoms. The predicted molar refractivity (Wildman–Crippen MR) is 62.9 cm³/mol. The highest BCUT2D eigenvalue weighted by molar-refractivity contribution is 5.68. The molecule has 0 aliphatic carbocycles. The van der Waals surface area contributed by atoms with Crippen LogP contribution >= 0.6 is 0 Å². The molecule has 1 amide bonds. The van der Waals surface area contributed by atoms with E-state index < -0.39 is 35.7 Å². The Hall–Kier alpha value is -1.93. The molecule has 1 unspecified atom stereocenters. The summed E-state index contributed by atoms with van der Waals surface area (Å²) < 4.78 is 81.4. The third kappa shape index (κ3) is 3.45. The number of hydrogen-bond donors (Lipinski definition) is 0. The van der Waals surface area contributed by atoms with Gasteiger partial charge in [-0.15, -0.1) is 0 Å². The van der Waals surface area contributed by atoms with E-state index in [2.05, 4.69) is 0 Å². The van der Waals surface area contributed by atoms with Crippen molar-refractivity contribution >= 4 is 6.09 Å². The number of carbonyl (C=O) groups excluding carboxylic acids is 1. The second kappa shape index (κ2) is 5.36. The van der Waals surface area contributed by atoms with Gasteiger partial charge in [0.2, 0.25) is 0 Å². The molecule has 1 aliphatic heterocycles. The Labute approximate surface area is 121 Å². The smallest absolute Gasteiger partial charge is 0.416 e. The summed E-state index contributed by atoms with van der Waals surface area (Å²) in [4.78, 5) is 12.6. The minimum absolute atomic E-state index is 0.0419. The van der Waals surface area contributed by atoms with Crippen molar-refractivity contribution in [1.29, 1.82) is 0 Å². The lowest BCUT2D eigenvalue weighted by molar-refractivity contribution is -0.143. The Morgan fingerprint density at radius 1 is 1.05 bits per heavy atom. The molecule has 22 heavy (non-hydrogen) atoms. The zero-order valence-electron chi connectivity index (χ0n) is 11.3. The van der Waals surface area contributed by atoms with Gasteiger partial charge in [-0.1, -0.05) is 0 Å². The average molecular weight is 327 g/mol. The molecule has 3 nitrogen and oxygen atoms in total. The summed E-state index contributed by atoms with van der Waals surface area (Å²) >= 11 is 0. The van der Waals surface area contributed by atoms with Gasteiger partial charge in [-0.2, -0.15) is 26.3 Å². The maximum atomic E-state index is 12.8. The first kappa shape index (κ1) is 16.4. The van der Waals surface area contributed by atoms with Crippen LogP contribution in [0.2, 0.25) is 0 Å². The molecule has 2 rings (SSSR count). The summed E-state index contributed by atoms with van der Waals surface area (Å²) in [5.41, 5.74) is -3.16. The molecule has 1 saturated heterocycles. The molecule has 122 valence electrons. The van der Waals surface area contributed by atoms with Crippen LogP contribution in [0.25, 0.3) is 0 Å². The van der Waals surface area contributed by atoms with E-state index in [0.717, 1.165) is 0 Å². The number of cyclic esters (lactones) is 1. The second-order valence-electron chi connectivity index (χ2n) is 4.92. The van der Waals surface area contributed by atoms with Crippen LogP contribution in [0.4, 0.5) is 31.1 Å². The van der Waals surface area contributed by atoms with Gasteiger partial charge in [0.25, 0.3) is 0 Å². The first-order chi connectivity index (χ1) is 9.98. The Kier molecular flexibility index (Phi) is 4.01. The topological polar surface area (TPSA) is 29.5 Å². The quantitative estimate of drug-likeness (QED) is 0.722. The lowest BCUT2D eigenvalue weighted by Crippen LogP contribution is -2.36. The Balaban J connectivity index is 2.45. The highest BCUT2D eigenvalue weighted by Crippen LogP contribution is 2.39. The van der Waals surface area contributed by atoms with Crippen molar-refractivity contribution in [3.8, 4) is 0 Å². The molecule has 0 saturated carbocycles. The fourth-order valence-electron chi connectivity index (χ4n) is 2.07. The van der Waals surface area contributed by atoms with E-state index in [1.807, 2.05) is 0 Å². The van der Waals surface area contributed by atoms with E-state index in [4.69, 9.17) is 4.74 Å². The number of hydrogen-bond acceptors (Lipinski definition) is 2. The zero-order valence-corrected chi connectivity index (χ0v) is 11.3. The normalized spacial score (nSPS) is 20.0. The van der Waals surface area contributed by atoms with Crippen molar-refractivity contribution in [3.63, 3.8) is 0 Å². The zero-order chi connectivity index (χ0) is 16.7. The fourth-order valence-corrected chi connectivity index (χ4v) is 2.07. The number of alkyl halides is 6. The standard InChI is InChI=1S/C13H11F6NO2/c1-20-3-2-10(22-11(20)21)7-4-8(12(14,15)16)6-9(5-7)13(17,18)19/h4-6,10H,2-3H2,1H3. The van der Waals surface area contributed by atoms with E-state index in [9.17, 15) is 31.1 Å². The van der Waals surface area contributed by atoms with Crippen LogP contribution in [0.15, 0.2) is 18.2 Å². The second-order valence-corrected chi connectivity index (χ2v) is 4.92. The van der Waals surface area contributed by atoms with E-state index >= 15 is 0 Å². The molecule has 1 atom stereocenters. The predicted octanol–water partition coefficient (Wildman–Crippen LogP) is 4.24. The van der Waals surface area contributed by atoms with Gasteiger partial charge in [0.1, 0.15) is 6.10 Å². The molecule has 1 heterocycles. The summed E-state index contributed by atoms with van der Waals surface area (Å²) in [7, 11) is 1.42. The molecule has 1 aromatic rings. The van der Waals surface area contributed by atoms with E-state index in [-0.39, 0.29) is 24.6 Å². The lowest BCUT2D eigenvalue weighted by Gasteiger charge is -2.30. The molecule has 0 N–H and O–H groups in total. The third-order valence-corrected chi connectivity index (χ3v) is 3.26. The van der Waals surface area contributed by atoms with Crippen LogP contribution in [0.1, 0.15) is 29.2 Å². The summed E-state index contributed by atoms with van der Waals surface area (Å²) in [6, 6.07) is 1.21. The molecule has 0 radical (unpaired) electrons. The number of rotatable bonds is 1. The van der Waals surface area contributed by atoms with Crippen LogP contribution < -0.4 is 0 Å². The molecule has 1 fully saturated rings. The fraction of sp³-hybridized carbons (Fsp3) is 0.462. The van der Waals surface area contributed by atoms with Crippen molar-refractivity contribution in [2.75, 3.05) is 13.6 Å². The summed E-state index contributed by atoms with van der Waals surface area (Å²) in [5, 5.41) is 0. The maximum Gasteiger partial charge on any atom is 0.416 e. The highest BCUT2D eigenvalue weighted by Gasteiger charge is 2.38. The van der Waals surface area contributed by atoms with Crippen molar-refractivity contribution in [2.24, 2.45) is 0 Å². The highest BCUT2D eigenvalue weighted by atomic mass is 19.4. The number of benzene rings is 1. The molecule has 0 bridgehead atoms. The van der Waals surface area contributed by atoms with Crippen molar-refractivity contribution < 1.29 is 35.9 Å². The molecular formula is C13H11F6NO2. The van der Waals surface area contributed by atoms with Crippen LogP contribution in [-0.2, 0) is 17.1 Å². The maximum absolute atomic E-state index is 12.8. The first-order valence-corrected chi connectivity index (χ1v) is 6.19. The monoisotopic (exact) mass is 327 g/mol. The molecule has 1 aliphatic rings. The summed E-state index contributed by atoms with van der Waals surface area (Å²) in [6.07, 6.45) is -11.7. The Bertz CT molecular complexity index is 549. The number of nitrogens with zero attached hydrogens (tertiary/aromatic N) is 1. The lowest BCUT2D eigenvalue weighted by atomic mass is 9.98. The van der Waals surface area contributed by atoms with Gasteiger partial charge < -0.3 is 9.64 Å². The van der Waals surface area contributed by atoms with Crippen molar-refractivity contribution in [3.05, 3.63) is 34.9 Å². The van der Waals surface area contributed by atoms with Crippen molar-refractivity contribution in [1.82, 2.24) is 4.90 Å². The van der Waals surface area contributed by atoms with Gasteiger partial charge in [0.15, 0.2) is 0 Å². The van der Waals surface area contributed by atoms with Gasteiger partial charge in [0, 0.05) is 20.0 Å². The van der Waals surface area contributed by atoms with E-state index in [0.29, 0.717) is 12.1 Å². The van der Waals surface area contributed by atoms with E-state index in [1.54, 1.807) is 0 Å². The van der Waals surface area contributed by atoms with E-state index in [1.165, 1.54) is 11.9 Å². The third-order valence-electron chi connectivity index (χ3n) is 3.26. The van der Waals surface area contributed by atoms with Gasteiger partial charge >= 0.3 is 18.4 Å². The Morgan fingerprint density at radius 2 is 1.55 bits per heavy atom. The molecule has 1 aromatic carbocycles.